The molecule has 0 unspecified atom stereocenters. The Hall–Kier alpha value is -3.12. The van der Waals surface area contributed by atoms with Crippen LogP contribution in [0.1, 0.15) is 28.0 Å². The van der Waals surface area contributed by atoms with Gasteiger partial charge in [0.1, 0.15) is 5.82 Å². The highest BCUT2D eigenvalue weighted by Crippen LogP contribution is 2.12. The molecule has 2 N–H and O–H groups in total. The zero-order valence-corrected chi connectivity index (χ0v) is 16.9. The molecule has 7 heteroatoms. The number of aromatic nitrogens is 2. The Morgan fingerprint density at radius 3 is 2.41 bits per heavy atom. The van der Waals surface area contributed by atoms with Gasteiger partial charge in [-0.05, 0) is 36.1 Å². The normalized spacial score (nSPS) is 10.6. The summed E-state index contributed by atoms with van der Waals surface area (Å²) in [5, 5.41) is 10.5. The van der Waals surface area contributed by atoms with Crippen LogP contribution in [-0.2, 0) is 24.7 Å². The Morgan fingerprint density at radius 2 is 1.69 bits per heavy atom. The molecule has 2 aromatic carbocycles. The fourth-order valence-electron chi connectivity index (χ4n) is 2.87. The summed E-state index contributed by atoms with van der Waals surface area (Å²) in [6.07, 6.45) is 1.71. The molecule has 1 heterocycles. The summed E-state index contributed by atoms with van der Waals surface area (Å²) in [6.45, 7) is 0.482. The Kier molecular flexibility index (Phi) is 7.03. The summed E-state index contributed by atoms with van der Waals surface area (Å²) < 4.78 is 1.49. The molecule has 0 spiro atoms. The predicted octanol–water partition coefficient (Wildman–Crippen LogP) is 3.62. The van der Waals surface area contributed by atoms with Crippen LogP contribution in [0.5, 0.6) is 0 Å². The quantitative estimate of drug-likeness (QED) is 0.595. The van der Waals surface area contributed by atoms with E-state index in [9.17, 15) is 9.59 Å². The Morgan fingerprint density at radius 1 is 1.00 bits per heavy atom. The second kappa shape index (κ2) is 9.89. The average Bonchev–Trinajstić information content (AvgIpc) is 3.09. The Balaban J connectivity index is 1.48. The van der Waals surface area contributed by atoms with E-state index in [2.05, 4.69) is 15.7 Å². The van der Waals surface area contributed by atoms with Gasteiger partial charge in [-0.1, -0.05) is 54.1 Å². The first-order chi connectivity index (χ1) is 14.0. The van der Waals surface area contributed by atoms with E-state index in [-0.39, 0.29) is 17.5 Å². The molecule has 0 aliphatic heterocycles. The highest BCUT2D eigenvalue weighted by molar-refractivity contribution is 6.30. The van der Waals surface area contributed by atoms with Crippen molar-refractivity contribution in [1.82, 2.24) is 15.1 Å². The number of rotatable bonds is 8. The Labute approximate surface area is 174 Å². The van der Waals surface area contributed by atoms with Gasteiger partial charge in [-0.2, -0.15) is 5.10 Å². The van der Waals surface area contributed by atoms with Gasteiger partial charge in [0, 0.05) is 31.1 Å². The third-order valence-electron chi connectivity index (χ3n) is 4.48. The first-order valence-corrected chi connectivity index (χ1v) is 9.79. The van der Waals surface area contributed by atoms with Crippen LogP contribution in [0.15, 0.2) is 60.7 Å². The van der Waals surface area contributed by atoms with Gasteiger partial charge in [0.2, 0.25) is 5.91 Å². The van der Waals surface area contributed by atoms with Crippen molar-refractivity contribution in [3.05, 3.63) is 82.5 Å². The lowest BCUT2D eigenvalue weighted by Gasteiger charge is -2.05. The first kappa shape index (κ1) is 20.6. The number of nitrogens with one attached hydrogen (secondary N) is 2. The molecule has 3 rings (SSSR count). The van der Waals surface area contributed by atoms with Crippen LogP contribution in [-0.4, -0.2) is 28.1 Å². The van der Waals surface area contributed by atoms with E-state index in [1.807, 2.05) is 54.6 Å². The summed E-state index contributed by atoms with van der Waals surface area (Å²) in [5.74, 6) is 0.0943. The lowest BCUT2D eigenvalue weighted by atomic mass is 10.1. The van der Waals surface area contributed by atoms with Crippen molar-refractivity contribution in [2.24, 2.45) is 7.05 Å². The van der Waals surface area contributed by atoms with Crippen LogP contribution < -0.4 is 10.6 Å². The number of halogens is 1. The number of carbonyl (C=O) groups excluding carboxylic acids is 2. The predicted molar refractivity (Wildman–Crippen MR) is 114 cm³/mol. The molecule has 0 saturated heterocycles. The molecule has 0 saturated carbocycles. The van der Waals surface area contributed by atoms with Gasteiger partial charge < -0.3 is 10.6 Å². The second-order valence-corrected chi connectivity index (χ2v) is 7.14. The third kappa shape index (κ3) is 6.19. The van der Waals surface area contributed by atoms with Crippen molar-refractivity contribution in [3.63, 3.8) is 0 Å². The monoisotopic (exact) mass is 410 g/mol. The maximum atomic E-state index is 12.3. The zero-order valence-electron chi connectivity index (χ0n) is 16.2. The standard InChI is InChI=1S/C22H23ClN4O2/c1-27-20(25-21(28)12-9-16-5-3-2-4-6-16)15-19(26-27)22(29)24-14-13-17-7-10-18(23)11-8-17/h2-8,10-11,15H,9,12-14H2,1H3,(H,24,29)(H,25,28). The van der Waals surface area contributed by atoms with Crippen molar-refractivity contribution in [2.75, 3.05) is 11.9 Å². The molecule has 6 nitrogen and oxygen atoms in total. The summed E-state index contributed by atoms with van der Waals surface area (Å²) >= 11 is 5.87. The highest BCUT2D eigenvalue weighted by Gasteiger charge is 2.14. The van der Waals surface area contributed by atoms with Crippen molar-refractivity contribution in [2.45, 2.75) is 19.3 Å². The Bertz CT molecular complexity index is 968. The summed E-state index contributed by atoms with van der Waals surface area (Å²) in [4.78, 5) is 24.5. The van der Waals surface area contributed by atoms with Gasteiger partial charge in [-0.25, -0.2) is 0 Å². The van der Waals surface area contributed by atoms with E-state index < -0.39 is 0 Å². The molecular weight excluding hydrogens is 388 g/mol. The summed E-state index contributed by atoms with van der Waals surface area (Å²) in [7, 11) is 1.69. The van der Waals surface area contributed by atoms with Gasteiger partial charge in [0.05, 0.1) is 0 Å². The topological polar surface area (TPSA) is 76.0 Å². The SMILES string of the molecule is Cn1nc(C(=O)NCCc2ccc(Cl)cc2)cc1NC(=O)CCc1ccccc1. The third-order valence-corrected chi connectivity index (χ3v) is 4.73. The van der Waals surface area contributed by atoms with Crippen LogP contribution in [0.25, 0.3) is 0 Å². The number of carbonyl (C=O) groups is 2. The summed E-state index contributed by atoms with van der Waals surface area (Å²) in [5.41, 5.74) is 2.46. The van der Waals surface area contributed by atoms with Crippen molar-refractivity contribution >= 4 is 29.2 Å². The molecule has 0 atom stereocenters. The minimum Gasteiger partial charge on any atom is -0.350 e. The molecule has 0 radical (unpaired) electrons. The molecule has 0 bridgehead atoms. The van der Waals surface area contributed by atoms with E-state index in [0.717, 1.165) is 11.1 Å². The van der Waals surface area contributed by atoms with E-state index in [0.29, 0.717) is 36.6 Å². The molecule has 150 valence electrons. The number of hydrogen-bond donors (Lipinski definition) is 2. The number of benzene rings is 2. The molecule has 0 fully saturated rings. The van der Waals surface area contributed by atoms with Crippen molar-refractivity contribution < 1.29 is 9.59 Å². The van der Waals surface area contributed by atoms with E-state index in [1.54, 1.807) is 13.1 Å². The van der Waals surface area contributed by atoms with Gasteiger partial charge in [0.15, 0.2) is 5.69 Å². The van der Waals surface area contributed by atoms with E-state index >= 15 is 0 Å². The molecular formula is C22H23ClN4O2. The van der Waals surface area contributed by atoms with Crippen molar-refractivity contribution in [3.8, 4) is 0 Å². The molecule has 29 heavy (non-hydrogen) atoms. The fraction of sp³-hybridized carbons (Fsp3) is 0.227. The molecule has 0 aliphatic carbocycles. The van der Waals surface area contributed by atoms with E-state index in [1.165, 1.54) is 4.68 Å². The van der Waals surface area contributed by atoms with Crippen LogP contribution in [0, 0.1) is 0 Å². The highest BCUT2D eigenvalue weighted by atomic mass is 35.5. The lowest BCUT2D eigenvalue weighted by Crippen LogP contribution is -2.26. The van der Waals surface area contributed by atoms with Crippen LogP contribution in [0.2, 0.25) is 5.02 Å². The zero-order chi connectivity index (χ0) is 20.6. The number of hydrogen-bond acceptors (Lipinski definition) is 3. The number of amides is 2. The van der Waals surface area contributed by atoms with Crippen LogP contribution >= 0.6 is 11.6 Å². The van der Waals surface area contributed by atoms with Crippen molar-refractivity contribution in [1.29, 1.82) is 0 Å². The maximum absolute atomic E-state index is 12.3. The largest absolute Gasteiger partial charge is 0.350 e. The summed E-state index contributed by atoms with van der Waals surface area (Å²) in [6, 6.07) is 18.9. The fourth-order valence-corrected chi connectivity index (χ4v) is 2.99. The van der Waals surface area contributed by atoms with Crippen LogP contribution in [0.3, 0.4) is 0 Å². The van der Waals surface area contributed by atoms with Gasteiger partial charge in [-0.15, -0.1) is 0 Å². The maximum Gasteiger partial charge on any atom is 0.271 e. The molecule has 0 aliphatic rings. The minimum atomic E-state index is -0.278. The molecule has 1 aromatic heterocycles. The van der Waals surface area contributed by atoms with Gasteiger partial charge >= 0.3 is 0 Å². The van der Waals surface area contributed by atoms with Gasteiger partial charge in [0.25, 0.3) is 5.91 Å². The second-order valence-electron chi connectivity index (χ2n) is 6.70. The first-order valence-electron chi connectivity index (χ1n) is 9.42. The van der Waals surface area contributed by atoms with Gasteiger partial charge in [-0.3, -0.25) is 14.3 Å². The molecule has 2 amide bonds. The minimum absolute atomic E-state index is 0.119. The number of anilines is 1. The smallest absolute Gasteiger partial charge is 0.271 e. The number of nitrogens with zero attached hydrogens (tertiary/aromatic N) is 2. The van der Waals surface area contributed by atoms with Crippen LogP contribution in [0.4, 0.5) is 5.82 Å². The number of aryl methyl sites for hydroxylation is 2. The molecule has 3 aromatic rings. The van der Waals surface area contributed by atoms with E-state index in [4.69, 9.17) is 11.6 Å². The average molecular weight is 411 g/mol. The lowest BCUT2D eigenvalue weighted by molar-refractivity contribution is -0.116.